The number of urea groups is 1. The minimum atomic E-state index is -1.09. The van der Waals surface area contributed by atoms with E-state index in [-0.39, 0.29) is 12.0 Å². The first kappa shape index (κ1) is 15.3. The molecule has 0 spiro atoms. The average Bonchev–Trinajstić information content (AvgIpc) is 2.99. The van der Waals surface area contributed by atoms with Crippen LogP contribution in [-0.4, -0.2) is 36.4 Å². The Bertz CT molecular complexity index is 486. The van der Waals surface area contributed by atoms with Gasteiger partial charge >= 0.3 is 12.0 Å². The molecule has 2 rings (SSSR count). The largest absolute Gasteiger partial charge is 0.479 e. The van der Waals surface area contributed by atoms with Crippen LogP contribution in [0.25, 0.3) is 0 Å². The number of hydrogen-bond donors (Lipinski definition) is 3. The number of carboxylic acids is 1. The zero-order valence-electron chi connectivity index (χ0n) is 11.9. The van der Waals surface area contributed by atoms with Crippen molar-refractivity contribution in [1.82, 2.24) is 10.6 Å². The summed E-state index contributed by atoms with van der Waals surface area (Å²) >= 11 is 0. The maximum Gasteiger partial charge on any atom is 0.330 e. The highest BCUT2D eigenvalue weighted by molar-refractivity contribution is 5.83. The Labute approximate surface area is 123 Å². The lowest BCUT2D eigenvalue weighted by atomic mass is 10.0. The Morgan fingerprint density at radius 2 is 2.00 bits per heavy atom. The summed E-state index contributed by atoms with van der Waals surface area (Å²) in [7, 11) is 0. The molecule has 1 aromatic rings. The van der Waals surface area contributed by atoms with E-state index < -0.39 is 18.0 Å². The van der Waals surface area contributed by atoms with Crippen molar-refractivity contribution in [2.45, 2.75) is 25.4 Å². The number of hydrogen-bond acceptors (Lipinski definition) is 3. The minimum absolute atomic E-state index is 0.0577. The van der Waals surface area contributed by atoms with Gasteiger partial charge in [-0.3, -0.25) is 0 Å². The molecule has 21 heavy (non-hydrogen) atoms. The lowest BCUT2D eigenvalue weighted by Crippen LogP contribution is -2.46. The van der Waals surface area contributed by atoms with Gasteiger partial charge in [0, 0.05) is 18.6 Å². The summed E-state index contributed by atoms with van der Waals surface area (Å²) in [5.74, 6) is -0.816. The summed E-state index contributed by atoms with van der Waals surface area (Å²) in [5.41, 5.74) is 0.539. The first-order valence-corrected chi connectivity index (χ1v) is 7.00. The number of nitrogens with one attached hydrogen (secondary N) is 2. The number of carboxylic acid groups (broad SMARTS) is 1. The predicted molar refractivity (Wildman–Crippen MR) is 76.9 cm³/mol. The minimum Gasteiger partial charge on any atom is -0.479 e. The van der Waals surface area contributed by atoms with Gasteiger partial charge in [0.1, 0.15) is 0 Å². The highest BCUT2D eigenvalue weighted by Crippen LogP contribution is 2.17. The molecule has 1 fully saturated rings. The van der Waals surface area contributed by atoms with Crippen LogP contribution in [0.5, 0.6) is 0 Å². The molecule has 0 aromatic heterocycles. The number of benzene rings is 1. The Balaban J connectivity index is 1.94. The topological polar surface area (TPSA) is 87.7 Å². The second-order valence-electron chi connectivity index (χ2n) is 5.21. The number of aliphatic carboxylic acids is 1. The second-order valence-corrected chi connectivity index (χ2v) is 5.21. The number of ether oxygens (including phenoxy) is 1. The first-order chi connectivity index (χ1) is 10.1. The van der Waals surface area contributed by atoms with Crippen LogP contribution in [0, 0.1) is 5.92 Å². The van der Waals surface area contributed by atoms with Gasteiger partial charge in [0.2, 0.25) is 0 Å². The van der Waals surface area contributed by atoms with Crippen LogP contribution in [-0.2, 0) is 9.53 Å². The van der Waals surface area contributed by atoms with Gasteiger partial charge in [0.15, 0.2) is 6.04 Å². The van der Waals surface area contributed by atoms with Crippen molar-refractivity contribution in [3.8, 4) is 0 Å². The quantitative estimate of drug-likeness (QED) is 0.768. The third-order valence-corrected chi connectivity index (χ3v) is 3.69. The van der Waals surface area contributed by atoms with E-state index in [1.54, 1.807) is 30.3 Å². The summed E-state index contributed by atoms with van der Waals surface area (Å²) in [6.07, 6.45) is 0.905. The molecule has 1 heterocycles. The van der Waals surface area contributed by atoms with Gasteiger partial charge < -0.3 is 20.5 Å². The van der Waals surface area contributed by atoms with Crippen LogP contribution in [0.4, 0.5) is 4.79 Å². The van der Waals surface area contributed by atoms with E-state index in [1.165, 1.54) is 0 Å². The molecule has 0 bridgehead atoms. The predicted octanol–water partition coefficient (Wildman–Crippen LogP) is 1.54. The number of carbonyl (C=O) groups excluding carboxylic acids is 1. The monoisotopic (exact) mass is 292 g/mol. The van der Waals surface area contributed by atoms with Gasteiger partial charge in [-0.05, 0) is 18.9 Å². The number of carbonyl (C=O) groups is 2. The maximum atomic E-state index is 12.0. The van der Waals surface area contributed by atoms with Crippen LogP contribution < -0.4 is 10.6 Å². The van der Waals surface area contributed by atoms with Crippen molar-refractivity contribution in [3.63, 3.8) is 0 Å². The van der Waals surface area contributed by atoms with E-state index >= 15 is 0 Å². The van der Waals surface area contributed by atoms with Crippen molar-refractivity contribution in [2.75, 3.05) is 13.2 Å². The highest BCUT2D eigenvalue weighted by atomic mass is 16.5. The third kappa shape index (κ3) is 4.19. The molecule has 1 aliphatic heterocycles. The SMILES string of the molecule is CC(NC(=O)N[C@@H](C(=O)O)c1ccccc1)C1CCOC1. The van der Waals surface area contributed by atoms with E-state index in [2.05, 4.69) is 10.6 Å². The first-order valence-electron chi connectivity index (χ1n) is 7.00. The van der Waals surface area contributed by atoms with Crippen molar-refractivity contribution in [2.24, 2.45) is 5.92 Å². The smallest absolute Gasteiger partial charge is 0.330 e. The molecule has 0 saturated carbocycles. The molecule has 0 radical (unpaired) electrons. The highest BCUT2D eigenvalue weighted by Gasteiger charge is 2.26. The fraction of sp³-hybridized carbons (Fsp3) is 0.467. The summed E-state index contributed by atoms with van der Waals surface area (Å²) in [5, 5.41) is 14.5. The Morgan fingerprint density at radius 1 is 1.29 bits per heavy atom. The summed E-state index contributed by atoms with van der Waals surface area (Å²) in [6, 6.07) is 7.03. The lowest BCUT2D eigenvalue weighted by molar-refractivity contribution is -0.139. The maximum absolute atomic E-state index is 12.0. The van der Waals surface area contributed by atoms with Gasteiger partial charge in [0.05, 0.1) is 6.61 Å². The van der Waals surface area contributed by atoms with Gasteiger partial charge in [-0.1, -0.05) is 30.3 Å². The molecular formula is C15H20N2O4. The number of rotatable bonds is 5. The molecule has 1 aromatic carbocycles. The van der Waals surface area contributed by atoms with E-state index in [1.807, 2.05) is 6.92 Å². The van der Waals surface area contributed by atoms with Gasteiger partial charge in [-0.25, -0.2) is 9.59 Å². The van der Waals surface area contributed by atoms with Crippen molar-refractivity contribution in [1.29, 1.82) is 0 Å². The Kier molecular flexibility index (Phi) is 5.16. The molecule has 1 aliphatic rings. The third-order valence-electron chi connectivity index (χ3n) is 3.69. The lowest BCUT2D eigenvalue weighted by Gasteiger charge is -2.21. The standard InChI is InChI=1S/C15H20N2O4/c1-10(12-7-8-21-9-12)16-15(20)17-13(14(18)19)11-5-3-2-4-6-11/h2-6,10,12-13H,7-9H2,1H3,(H,18,19)(H2,16,17,20)/t10?,12?,13-/m1/s1. The van der Waals surface area contributed by atoms with Crippen molar-refractivity contribution in [3.05, 3.63) is 35.9 Å². The van der Waals surface area contributed by atoms with Crippen LogP contribution in [0.2, 0.25) is 0 Å². The van der Waals surface area contributed by atoms with E-state index in [9.17, 15) is 14.7 Å². The van der Waals surface area contributed by atoms with Crippen LogP contribution in [0.15, 0.2) is 30.3 Å². The van der Waals surface area contributed by atoms with Gasteiger partial charge in [-0.2, -0.15) is 0 Å². The van der Waals surface area contributed by atoms with Gasteiger partial charge in [0.25, 0.3) is 0 Å². The van der Waals surface area contributed by atoms with E-state index in [0.29, 0.717) is 18.8 Å². The van der Waals surface area contributed by atoms with Crippen LogP contribution in [0.3, 0.4) is 0 Å². The van der Waals surface area contributed by atoms with Crippen LogP contribution >= 0.6 is 0 Å². The summed E-state index contributed by atoms with van der Waals surface area (Å²) in [6.45, 7) is 3.24. The molecule has 3 atom stereocenters. The molecule has 6 nitrogen and oxygen atoms in total. The normalized spacial score (nSPS) is 20.5. The molecule has 0 aliphatic carbocycles. The van der Waals surface area contributed by atoms with Crippen LogP contribution in [0.1, 0.15) is 24.9 Å². The summed E-state index contributed by atoms with van der Waals surface area (Å²) in [4.78, 5) is 23.3. The van der Waals surface area contributed by atoms with Crippen molar-refractivity contribution >= 4 is 12.0 Å². The molecule has 114 valence electrons. The van der Waals surface area contributed by atoms with E-state index in [0.717, 1.165) is 6.42 Å². The Hall–Kier alpha value is -2.08. The second kappa shape index (κ2) is 7.08. The molecule has 2 amide bonds. The number of amides is 2. The fourth-order valence-corrected chi connectivity index (χ4v) is 2.38. The molecular weight excluding hydrogens is 272 g/mol. The average molecular weight is 292 g/mol. The zero-order chi connectivity index (χ0) is 15.2. The molecule has 1 saturated heterocycles. The summed E-state index contributed by atoms with van der Waals surface area (Å²) < 4.78 is 5.28. The molecule has 2 unspecified atom stereocenters. The molecule has 3 N–H and O–H groups in total. The Morgan fingerprint density at radius 3 is 2.57 bits per heavy atom. The van der Waals surface area contributed by atoms with Crippen molar-refractivity contribution < 1.29 is 19.4 Å². The van der Waals surface area contributed by atoms with Gasteiger partial charge in [-0.15, -0.1) is 0 Å². The van der Waals surface area contributed by atoms with E-state index in [4.69, 9.17) is 4.74 Å². The fourth-order valence-electron chi connectivity index (χ4n) is 2.38. The molecule has 6 heteroatoms. The zero-order valence-corrected chi connectivity index (χ0v) is 11.9.